The molecule has 0 spiro atoms. The van der Waals surface area contributed by atoms with Crippen LogP contribution in [0.2, 0.25) is 0 Å². The van der Waals surface area contributed by atoms with E-state index in [-0.39, 0.29) is 0 Å². The van der Waals surface area contributed by atoms with Crippen LogP contribution in [-0.4, -0.2) is 17.6 Å². The Hall–Kier alpha value is 1.81. The Bertz CT molecular complexity index is 398. The van der Waals surface area contributed by atoms with E-state index in [4.69, 9.17) is 45.0 Å². The van der Waals surface area contributed by atoms with Crippen molar-refractivity contribution in [2.24, 2.45) is 13.5 Å². The monoisotopic (exact) mass is 335 g/mol. The minimum absolute atomic E-state index is 0.758. The number of hydrogen-bond donors (Lipinski definition) is 1. The third kappa shape index (κ3) is 3.40. The molecule has 0 amide bonds. The molecule has 0 saturated heterocycles. The predicted octanol–water partition coefficient (Wildman–Crippen LogP) is 5.93. The molecule has 1 N–H and O–H groups in total. The zero-order valence-electron chi connectivity index (χ0n) is 7.22. The van der Waals surface area contributed by atoms with Crippen LogP contribution in [0.1, 0.15) is 6.92 Å². The average molecular weight is 337 g/mol. The van der Waals surface area contributed by atoms with Gasteiger partial charge in [0.2, 0.25) is 0 Å². The van der Waals surface area contributed by atoms with Gasteiger partial charge in [0.1, 0.15) is 13.1 Å². The van der Waals surface area contributed by atoms with Gasteiger partial charge in [-0.2, -0.15) is 4.52 Å². The van der Waals surface area contributed by atoms with Gasteiger partial charge in [0, 0.05) is 0 Å². The van der Waals surface area contributed by atoms with Crippen LogP contribution < -0.4 is 0 Å². The number of hydrogen-bond acceptors (Lipinski definition) is 4. The fourth-order valence-electron chi connectivity index (χ4n) is 0.768. The molecule has 2 unspecified atom stereocenters. The van der Waals surface area contributed by atoms with Crippen LogP contribution in [0.3, 0.4) is 0 Å². The van der Waals surface area contributed by atoms with Gasteiger partial charge in [-0.1, -0.05) is 0 Å². The Morgan fingerprint density at radius 2 is 1.43 bits per heavy atom. The quantitative estimate of drug-likeness (QED) is 0.592. The van der Waals surface area contributed by atoms with Gasteiger partial charge in [-0.05, 0) is 58.6 Å². The zero-order chi connectivity index (χ0) is 11.2. The van der Waals surface area contributed by atoms with Crippen molar-refractivity contribution in [3.8, 4) is 0 Å². The van der Waals surface area contributed by atoms with Gasteiger partial charge in [-0.3, -0.25) is 0 Å². The van der Waals surface area contributed by atoms with Crippen molar-refractivity contribution in [3.63, 3.8) is 0 Å². The van der Waals surface area contributed by atoms with E-state index in [1.807, 2.05) is 0 Å². The largest absolute Gasteiger partial charge is 0.386 e. The second-order valence-corrected chi connectivity index (χ2v) is 16.2. The molecular weight excluding hydrogens is 329 g/mol. The number of aliphatic hydroxyl groups is 1. The summed E-state index contributed by atoms with van der Waals surface area (Å²) in [5, 5.41) is 9.52. The van der Waals surface area contributed by atoms with Crippen molar-refractivity contribution in [2.45, 2.75) is 12.8 Å². The molecule has 0 saturated carbocycles. The van der Waals surface area contributed by atoms with E-state index in [1.54, 1.807) is 13.6 Å². The fourth-order valence-corrected chi connectivity index (χ4v) is 17.6. The molecule has 0 bridgehead atoms. The Balaban J connectivity index is 3.49. The fraction of sp³-hybridized carbons (Fsp3) is 1.00. The maximum absolute atomic E-state index is 9.52. The topological polar surface area (TPSA) is 57.3 Å². The molecular formula is C3H8Cl4N3OP3. The summed E-state index contributed by atoms with van der Waals surface area (Å²) in [5.41, 5.74) is 0. The zero-order valence-corrected chi connectivity index (χ0v) is 12.9. The van der Waals surface area contributed by atoms with Gasteiger partial charge in [-0.25, -0.2) is 9.03 Å². The van der Waals surface area contributed by atoms with Crippen molar-refractivity contribution in [1.82, 2.24) is 0 Å². The summed E-state index contributed by atoms with van der Waals surface area (Å²) in [5.74, 6) is -6.47. The van der Waals surface area contributed by atoms with Crippen molar-refractivity contribution in [3.05, 3.63) is 0 Å². The molecule has 0 fully saturated rings. The van der Waals surface area contributed by atoms with E-state index in [1.165, 1.54) is 0 Å². The number of aliphatic hydroxyl groups excluding tert-OH is 1. The number of rotatable bonds is 1. The van der Waals surface area contributed by atoms with Crippen LogP contribution in [-0.2, 0) is 0 Å². The van der Waals surface area contributed by atoms with Crippen molar-refractivity contribution >= 4 is 64.0 Å². The van der Waals surface area contributed by atoms with Crippen molar-refractivity contribution in [1.29, 1.82) is 0 Å². The van der Waals surface area contributed by atoms with E-state index in [9.17, 15) is 5.11 Å². The van der Waals surface area contributed by atoms with E-state index in [2.05, 4.69) is 13.5 Å². The van der Waals surface area contributed by atoms with Crippen molar-refractivity contribution < 1.29 is 5.11 Å². The first-order valence-corrected chi connectivity index (χ1v) is 12.6. The second kappa shape index (κ2) is 4.24. The molecule has 4 nitrogen and oxygen atoms in total. The van der Waals surface area contributed by atoms with Gasteiger partial charge >= 0.3 is 0 Å². The molecule has 2 atom stereocenters. The van der Waals surface area contributed by atoms with Crippen LogP contribution in [0.15, 0.2) is 13.5 Å². The molecule has 11 heteroatoms. The lowest BCUT2D eigenvalue weighted by atomic mass is 10.9. The lowest BCUT2D eigenvalue weighted by molar-refractivity contribution is 0.276. The standard InChI is InChI=1S/C3H8Cl4N3OP3/c1-3(11)12(2)8-13(4,5)10-14(6,7)9-12/h3,11H,1-2H3. The van der Waals surface area contributed by atoms with Gasteiger partial charge in [0.15, 0.2) is 0 Å². The van der Waals surface area contributed by atoms with E-state index >= 15 is 0 Å². The maximum atomic E-state index is 9.52. The molecule has 1 rings (SSSR count). The molecule has 14 heavy (non-hydrogen) atoms. The first kappa shape index (κ1) is 13.9. The van der Waals surface area contributed by atoms with E-state index in [0.717, 1.165) is 0 Å². The summed E-state index contributed by atoms with van der Waals surface area (Å²) in [6.07, 6.45) is 0. The predicted molar refractivity (Wildman–Crippen MR) is 69.1 cm³/mol. The molecule has 0 aromatic heterocycles. The SMILES string of the molecule is CC(O)P1(C)=NP(Cl)(Cl)=NP(Cl)(Cl)=N1. The third-order valence-corrected chi connectivity index (χ3v) is 14.1. The molecule has 84 valence electrons. The first-order valence-electron chi connectivity index (χ1n) is 3.42. The summed E-state index contributed by atoms with van der Waals surface area (Å²) in [4.78, 5) is 0. The van der Waals surface area contributed by atoms with Gasteiger partial charge < -0.3 is 5.11 Å². The highest BCUT2D eigenvalue weighted by Crippen LogP contribution is 2.85. The molecule has 0 aromatic rings. The normalized spacial score (nSPS) is 36.2. The Kier molecular flexibility index (Phi) is 4.20. The Morgan fingerprint density at radius 1 is 1.00 bits per heavy atom. The van der Waals surface area contributed by atoms with Gasteiger partial charge in [0.25, 0.3) is 11.8 Å². The first-order chi connectivity index (χ1) is 6.06. The summed E-state index contributed by atoms with van der Waals surface area (Å²) < 4.78 is 11.9. The van der Waals surface area contributed by atoms with Crippen LogP contribution in [0.25, 0.3) is 0 Å². The smallest absolute Gasteiger partial charge is 0.255 e. The maximum Gasteiger partial charge on any atom is 0.255 e. The molecule has 1 aliphatic heterocycles. The second-order valence-electron chi connectivity index (χ2n) is 2.79. The highest BCUT2D eigenvalue weighted by Gasteiger charge is 2.32. The lowest BCUT2D eigenvalue weighted by Crippen LogP contribution is -1.98. The molecule has 0 aromatic carbocycles. The minimum atomic E-state index is -2.86. The van der Waals surface area contributed by atoms with Crippen LogP contribution in [0.5, 0.6) is 0 Å². The highest BCUT2D eigenvalue weighted by atomic mass is 35.9. The third-order valence-electron chi connectivity index (χ3n) is 1.50. The van der Waals surface area contributed by atoms with E-state index < -0.39 is 24.9 Å². The van der Waals surface area contributed by atoms with Gasteiger partial charge in [0.05, 0.1) is 0 Å². The summed E-state index contributed by atoms with van der Waals surface area (Å²) in [6, 6.07) is 0. The van der Waals surface area contributed by atoms with Crippen LogP contribution in [0.4, 0.5) is 0 Å². The minimum Gasteiger partial charge on any atom is -0.386 e. The summed E-state index contributed by atoms with van der Waals surface area (Å²) in [7, 11) is -2.40. The number of nitrogens with zero attached hydrogens (tertiary/aromatic N) is 3. The summed E-state index contributed by atoms with van der Waals surface area (Å²) in [6.45, 7) is 3.24. The van der Waals surface area contributed by atoms with Crippen LogP contribution >= 0.6 is 64.0 Å². The Morgan fingerprint density at radius 3 is 1.79 bits per heavy atom. The van der Waals surface area contributed by atoms with Gasteiger partial charge in [-0.15, -0.1) is 0 Å². The molecule has 1 aliphatic rings. The highest BCUT2D eigenvalue weighted by molar-refractivity contribution is 8.21. The van der Waals surface area contributed by atoms with E-state index in [0.29, 0.717) is 0 Å². The van der Waals surface area contributed by atoms with Crippen molar-refractivity contribution in [2.75, 3.05) is 6.66 Å². The number of halogens is 4. The average Bonchev–Trinajstić information content (AvgIpc) is 1.76. The lowest BCUT2D eigenvalue weighted by Gasteiger charge is -2.25. The molecule has 0 aliphatic carbocycles. The van der Waals surface area contributed by atoms with Crippen LogP contribution in [0, 0.1) is 0 Å². The Labute approximate surface area is 102 Å². The summed E-state index contributed by atoms with van der Waals surface area (Å²) >= 11 is 23.4. The molecule has 0 radical (unpaired) electrons. The molecule has 1 heterocycles.